The second-order valence-electron chi connectivity index (χ2n) is 29.4. The molecule has 0 saturated carbocycles. The number of benzene rings is 4. The number of nitrogens with one attached hydrogen (secondary N) is 3. The first kappa shape index (κ1) is 97.2. The van der Waals surface area contributed by atoms with Crippen LogP contribution in [0.15, 0.2) is 92.5 Å². The molecular weight excluding hydrogens is 1660 g/mol. The van der Waals surface area contributed by atoms with E-state index < -0.39 is 165 Å². The van der Waals surface area contributed by atoms with Crippen molar-refractivity contribution in [2.24, 2.45) is 17.2 Å². The Bertz CT molecular complexity index is 4520. The highest BCUT2D eigenvalue weighted by atomic mass is 79.9. The van der Waals surface area contributed by atoms with Crippen molar-refractivity contribution in [2.75, 3.05) is 168 Å². The Morgan fingerprint density at radius 1 is 0.636 bits per heavy atom. The SMILES string of the molecule is COCCCN(CC(=O)N(CCc1ccc(Br)cc1)CC(=O)N(CCCCN)CC(=O)N[C@@H](CSC1CC(=O)N(c2ccc(-c3c4ccc(=O)cc-4oc4cc(O)ccc34)c(C(=O)O)c2)C1=O)C(N)=O)C(=O)CN(CCCOC(C)C)C(=O)CN(CCC(=O)O)C(=O)CN(CCCN1CCCC1=O)C(=O)CN(CCNC(C)=O)C(=O)CNCCCN. The van der Waals surface area contributed by atoms with Crippen LogP contribution >= 0.6 is 27.7 Å². The van der Waals surface area contributed by atoms with Crippen LogP contribution in [0.25, 0.3) is 33.4 Å². The number of thioether (sulfide) groups is 1. The number of aromatic carboxylic acids is 1. The van der Waals surface area contributed by atoms with Crippen molar-refractivity contribution >= 4 is 133 Å². The molecule has 3 aromatic carbocycles. The number of nitrogens with two attached hydrogens (primary N) is 3. The summed E-state index contributed by atoms with van der Waals surface area (Å²) < 4.78 is 17.8. The van der Waals surface area contributed by atoms with Gasteiger partial charge in [-0.05, 0) is 145 Å². The number of rotatable bonds is 53. The molecule has 1 aliphatic carbocycles. The molecule has 3 aromatic rings. The number of unbranched alkanes of at least 4 members (excludes halogenated alkanes) is 1. The van der Waals surface area contributed by atoms with Crippen molar-refractivity contribution in [1.82, 2.24) is 55.1 Å². The van der Waals surface area contributed by atoms with Crippen LogP contribution in [0.2, 0.25) is 0 Å². The van der Waals surface area contributed by atoms with Crippen LogP contribution in [0.1, 0.15) is 101 Å². The molecule has 13 amide bonds. The molecule has 3 heterocycles. The van der Waals surface area contributed by atoms with Crippen LogP contribution in [0.4, 0.5) is 5.69 Å². The number of methoxy groups -OCH3 is 1. The molecule has 2 fully saturated rings. The van der Waals surface area contributed by atoms with Gasteiger partial charge < -0.3 is 102 Å². The van der Waals surface area contributed by atoms with Gasteiger partial charge in [0.25, 0.3) is 0 Å². The number of nitrogens with zero attached hydrogens (tertiary/aromatic N) is 9. The minimum Gasteiger partial charge on any atom is -0.508 e. The number of ether oxygens (including phenoxy) is 2. The van der Waals surface area contributed by atoms with E-state index in [1.807, 2.05) is 0 Å². The van der Waals surface area contributed by atoms with Crippen molar-refractivity contribution < 1.29 is 101 Å². The summed E-state index contributed by atoms with van der Waals surface area (Å²) in [6.45, 7) is 0.326. The summed E-state index contributed by atoms with van der Waals surface area (Å²) in [6.07, 6.45) is 1.49. The summed E-state index contributed by atoms with van der Waals surface area (Å²) in [5.41, 5.74) is 18.2. The number of amides is 13. The molecule has 3 aliphatic heterocycles. The fourth-order valence-electron chi connectivity index (χ4n) is 13.5. The number of aromatic hydroxyl groups is 1. The minimum absolute atomic E-state index is 0.0247. The number of fused-ring (bicyclic) bond motifs is 2. The maximum Gasteiger partial charge on any atom is 0.336 e. The highest BCUT2D eigenvalue weighted by Gasteiger charge is 2.42. The number of hydrogen-bond donors (Lipinski definition) is 9. The van der Waals surface area contributed by atoms with E-state index in [0.717, 1.165) is 52.4 Å². The third kappa shape index (κ3) is 30.6. The van der Waals surface area contributed by atoms with E-state index in [1.165, 1.54) is 77.3 Å². The summed E-state index contributed by atoms with van der Waals surface area (Å²) in [7, 11) is 1.43. The van der Waals surface area contributed by atoms with E-state index in [2.05, 4.69) is 31.9 Å². The van der Waals surface area contributed by atoms with E-state index in [-0.39, 0.29) is 162 Å². The monoisotopic (exact) mass is 1770 g/mol. The Labute approximate surface area is 713 Å². The summed E-state index contributed by atoms with van der Waals surface area (Å²) in [5, 5.41) is 38.3. The number of halogens is 1. The first-order valence-corrected chi connectivity index (χ1v) is 41.9. The molecule has 0 bridgehead atoms. The zero-order chi connectivity index (χ0) is 88.4. The van der Waals surface area contributed by atoms with Gasteiger partial charge in [0.15, 0.2) is 5.43 Å². The summed E-state index contributed by atoms with van der Waals surface area (Å²) in [6, 6.07) is 17.7. The average Bonchev–Trinajstić information content (AvgIpc) is 1.75. The Morgan fingerprint density at radius 2 is 1.21 bits per heavy atom. The molecule has 0 spiro atoms. The number of aliphatic carboxylic acids is 1. The van der Waals surface area contributed by atoms with E-state index in [4.69, 9.17) is 31.1 Å². The second-order valence-corrected chi connectivity index (χ2v) is 31.6. The third-order valence-corrected chi connectivity index (χ3v) is 21.7. The number of likely N-dealkylation sites (tertiary alicyclic amines) is 1. The Balaban J connectivity index is 1.09. The molecule has 7 rings (SSSR count). The van der Waals surface area contributed by atoms with Gasteiger partial charge in [-0.3, -0.25) is 71.9 Å². The predicted molar refractivity (Wildman–Crippen MR) is 450 cm³/mol. The molecular formula is C82H110BrN15O22S. The number of anilines is 1. The topological polar surface area (TPSA) is 509 Å². The number of imide groups is 1. The van der Waals surface area contributed by atoms with Crippen molar-refractivity contribution in [1.29, 1.82) is 0 Å². The molecule has 2 saturated heterocycles. The summed E-state index contributed by atoms with van der Waals surface area (Å²) in [4.78, 5) is 231. The Hall–Kier alpha value is -11.0. The highest BCUT2D eigenvalue weighted by molar-refractivity contribution is 9.10. The zero-order valence-corrected chi connectivity index (χ0v) is 71.0. The van der Waals surface area contributed by atoms with Crippen molar-refractivity contribution in [3.63, 3.8) is 0 Å². The molecule has 39 heteroatoms. The van der Waals surface area contributed by atoms with Crippen LogP contribution in [0.5, 0.6) is 5.75 Å². The van der Waals surface area contributed by atoms with Gasteiger partial charge in [0.2, 0.25) is 76.8 Å². The number of carboxylic acids is 2. The number of carbonyl (C=O) groups excluding carboxylic acids is 13. The predicted octanol–water partition coefficient (Wildman–Crippen LogP) is 1.26. The highest BCUT2D eigenvalue weighted by Crippen LogP contribution is 2.43. The van der Waals surface area contributed by atoms with Crippen molar-refractivity contribution in [2.45, 2.75) is 109 Å². The maximum atomic E-state index is 15.1. The molecule has 12 N–H and O–H groups in total. The van der Waals surface area contributed by atoms with E-state index in [9.17, 15) is 82.4 Å². The van der Waals surface area contributed by atoms with E-state index in [1.54, 1.807) is 43.0 Å². The van der Waals surface area contributed by atoms with Gasteiger partial charge in [-0.1, -0.05) is 34.1 Å². The number of carboxylic acid groups (broad SMARTS) is 2. The van der Waals surface area contributed by atoms with Crippen LogP contribution in [-0.2, 0) is 83.0 Å². The van der Waals surface area contributed by atoms with Gasteiger partial charge in [0.1, 0.15) is 23.1 Å². The number of carbonyl (C=O) groups is 15. The standard InChI is InChI=1S/C82H110BrN15O22S/c1-53(2)119-39-11-34-94(74(108)50-96(36-24-78(112)113)77(111)47-92(32-9-31-90-30-7-12-69(90)103)75(109)51-97(37-28-88-54(3)99)71(105)44-87-27-8-26-85)46-73(107)93(33-10-38-118-4)48-76(110)95(35-23-55-13-15-56(83)16-14-55)49-72(106)91(29-6-5-25-84)45-68(102)89-64(80(86)114)52-121-67-43-70(104)98(81(67)115)57-17-20-60(63(40-57)82(116)117)79-61-21-18-58(100)41-65(61)120-66-42-59(101)19-22-62(66)79/h13-22,40-42,53,64,67,87,100H,5-12,23-39,43-52,84-85H2,1-4H3,(H2,86,114)(H,88,99)(H,89,102)(H,112,113)(H,116,117)/t64-,67?/m0/s1. The first-order chi connectivity index (χ1) is 57.8. The van der Waals surface area contributed by atoms with Crippen molar-refractivity contribution in [3.05, 3.63) is 105 Å². The van der Waals surface area contributed by atoms with Crippen molar-refractivity contribution in [3.8, 4) is 28.2 Å². The fourth-order valence-corrected chi connectivity index (χ4v) is 15.0. The zero-order valence-electron chi connectivity index (χ0n) is 68.6. The summed E-state index contributed by atoms with van der Waals surface area (Å²) >= 11 is 4.25. The largest absolute Gasteiger partial charge is 0.508 e. The Kier molecular flexibility index (Phi) is 39.4. The minimum atomic E-state index is -1.50. The summed E-state index contributed by atoms with van der Waals surface area (Å²) in [5.74, 6) is -12.4. The van der Waals surface area contributed by atoms with Gasteiger partial charge in [0.05, 0.1) is 81.4 Å². The van der Waals surface area contributed by atoms with E-state index in [0.29, 0.717) is 61.8 Å². The molecule has 1 unspecified atom stereocenters. The smallest absolute Gasteiger partial charge is 0.336 e. The molecule has 121 heavy (non-hydrogen) atoms. The molecule has 37 nitrogen and oxygen atoms in total. The van der Waals surface area contributed by atoms with Gasteiger partial charge >= 0.3 is 11.9 Å². The molecule has 2 atom stereocenters. The molecule has 0 radical (unpaired) electrons. The quantitative estimate of drug-likeness (QED) is 0.0150. The van der Waals surface area contributed by atoms with Crippen LogP contribution < -0.4 is 43.5 Å². The normalized spacial score (nSPS) is 13.5. The molecule has 4 aliphatic rings. The number of phenols is 1. The molecule has 0 aromatic heterocycles. The van der Waals surface area contributed by atoms with Gasteiger partial charge in [-0.25, -0.2) is 9.69 Å². The lowest BCUT2D eigenvalue weighted by atomic mass is 9.90. The fraction of sp³-hybridized carbons (Fsp3) is 0.512. The van der Waals surface area contributed by atoms with Crippen LogP contribution in [0, 0.1) is 0 Å². The lowest BCUT2D eigenvalue weighted by Gasteiger charge is -2.32. The lowest BCUT2D eigenvalue weighted by molar-refractivity contribution is -0.149. The third-order valence-electron chi connectivity index (χ3n) is 19.9. The number of primary amides is 1. The average molecular weight is 1770 g/mol. The van der Waals surface area contributed by atoms with Gasteiger partial charge in [-0.15, -0.1) is 11.8 Å². The van der Waals surface area contributed by atoms with Crippen LogP contribution in [0.3, 0.4) is 0 Å². The van der Waals surface area contributed by atoms with E-state index >= 15 is 9.59 Å². The maximum absolute atomic E-state index is 15.1. The number of phenolic OH excluding ortho intramolecular Hbond substituents is 1. The molecule has 658 valence electrons. The van der Waals surface area contributed by atoms with Crippen LogP contribution in [-0.4, -0.2) is 324 Å². The Morgan fingerprint density at radius 3 is 1.79 bits per heavy atom. The lowest BCUT2D eigenvalue weighted by Crippen LogP contribution is -2.53. The second kappa shape index (κ2) is 49.1. The van der Waals surface area contributed by atoms with Gasteiger partial charge in [-0.2, -0.15) is 0 Å². The first-order valence-electron chi connectivity index (χ1n) is 40.1. The van der Waals surface area contributed by atoms with Gasteiger partial charge in [0, 0.05) is 144 Å². The number of hydrogen-bond acceptors (Lipinski definition) is 24.